The van der Waals surface area contributed by atoms with Gasteiger partial charge in [0.15, 0.2) is 0 Å². The van der Waals surface area contributed by atoms with E-state index in [1.807, 2.05) is 18.5 Å². The van der Waals surface area contributed by atoms with Gasteiger partial charge >= 0.3 is 0 Å². The Balaban J connectivity index is 2.33. The fourth-order valence-corrected chi connectivity index (χ4v) is 2.29. The first kappa shape index (κ1) is 10.4. The van der Waals surface area contributed by atoms with Crippen LogP contribution in [0.3, 0.4) is 0 Å². The molecule has 0 bridgehead atoms. The van der Waals surface area contributed by atoms with Crippen LogP contribution in [0.4, 0.5) is 5.69 Å². The number of rotatable bonds is 2. The van der Waals surface area contributed by atoms with Gasteiger partial charge in [0.2, 0.25) is 0 Å². The molecule has 0 saturated heterocycles. The van der Waals surface area contributed by atoms with Crippen LogP contribution in [0.25, 0.3) is 0 Å². The molecule has 4 nitrogen and oxygen atoms in total. The Morgan fingerprint density at radius 3 is 2.73 bits per heavy atom. The smallest absolute Gasteiger partial charge is 0.145 e. The van der Waals surface area contributed by atoms with Gasteiger partial charge < -0.3 is 5.73 Å². The summed E-state index contributed by atoms with van der Waals surface area (Å²) in [6.45, 7) is 4.48. The van der Waals surface area contributed by atoms with E-state index in [2.05, 4.69) is 10.1 Å². The van der Waals surface area contributed by atoms with Crippen LogP contribution in [0.2, 0.25) is 5.15 Å². The molecule has 6 heteroatoms. The van der Waals surface area contributed by atoms with Gasteiger partial charge in [0.05, 0.1) is 34.0 Å². The number of anilines is 1. The standard InChI is InChI=1S/C9H11ClN4S/c1-5-8(11)6(2)14(13-5)3-7-9(10)12-4-15-7/h4H,3,11H2,1-2H3. The molecule has 2 heterocycles. The molecule has 2 rings (SSSR count). The summed E-state index contributed by atoms with van der Waals surface area (Å²) in [5, 5.41) is 4.88. The van der Waals surface area contributed by atoms with Gasteiger partial charge in [0.1, 0.15) is 5.15 Å². The van der Waals surface area contributed by atoms with Crippen LogP contribution in [0, 0.1) is 13.8 Å². The lowest BCUT2D eigenvalue weighted by Gasteiger charge is -2.01. The largest absolute Gasteiger partial charge is 0.396 e. The first-order valence-electron chi connectivity index (χ1n) is 4.47. The summed E-state index contributed by atoms with van der Waals surface area (Å²) >= 11 is 7.44. The van der Waals surface area contributed by atoms with E-state index in [-0.39, 0.29) is 0 Å². The minimum absolute atomic E-state index is 0.547. The maximum atomic E-state index is 5.92. The minimum atomic E-state index is 0.547. The van der Waals surface area contributed by atoms with Crippen LogP contribution in [0.15, 0.2) is 5.51 Å². The normalized spacial score (nSPS) is 10.9. The minimum Gasteiger partial charge on any atom is -0.396 e. The van der Waals surface area contributed by atoms with E-state index in [4.69, 9.17) is 17.3 Å². The molecular weight excluding hydrogens is 232 g/mol. The maximum Gasteiger partial charge on any atom is 0.145 e. The molecule has 15 heavy (non-hydrogen) atoms. The van der Waals surface area contributed by atoms with Crippen LogP contribution in [0.1, 0.15) is 16.3 Å². The number of aromatic nitrogens is 3. The molecule has 0 atom stereocenters. The molecular formula is C9H11ClN4S. The summed E-state index contributed by atoms with van der Waals surface area (Å²) in [6.07, 6.45) is 0. The highest BCUT2D eigenvalue weighted by Crippen LogP contribution is 2.22. The summed E-state index contributed by atoms with van der Waals surface area (Å²) in [5.41, 5.74) is 10.1. The SMILES string of the molecule is Cc1nn(Cc2scnc2Cl)c(C)c1N. The summed E-state index contributed by atoms with van der Waals surface area (Å²) in [5.74, 6) is 0. The zero-order valence-corrected chi connectivity index (χ0v) is 10.1. The Hall–Kier alpha value is -1.07. The van der Waals surface area contributed by atoms with Crippen molar-refractivity contribution < 1.29 is 0 Å². The Morgan fingerprint density at radius 1 is 1.53 bits per heavy atom. The van der Waals surface area contributed by atoms with E-state index in [0.717, 1.165) is 22.0 Å². The Bertz CT molecular complexity index is 488. The summed E-state index contributed by atoms with van der Waals surface area (Å²) in [6, 6.07) is 0. The summed E-state index contributed by atoms with van der Waals surface area (Å²) in [7, 11) is 0. The molecule has 0 spiro atoms. The van der Waals surface area contributed by atoms with Gasteiger partial charge in [-0.05, 0) is 13.8 Å². The molecule has 0 amide bonds. The molecule has 2 aromatic heterocycles. The molecule has 0 aromatic carbocycles. The van der Waals surface area contributed by atoms with Gasteiger partial charge in [-0.15, -0.1) is 11.3 Å². The van der Waals surface area contributed by atoms with Crippen molar-refractivity contribution in [3.63, 3.8) is 0 Å². The number of nitrogen functional groups attached to an aromatic ring is 1. The van der Waals surface area contributed by atoms with E-state index in [9.17, 15) is 0 Å². The number of hydrogen-bond acceptors (Lipinski definition) is 4. The Kier molecular flexibility index (Phi) is 2.67. The Morgan fingerprint density at radius 2 is 2.27 bits per heavy atom. The predicted molar refractivity (Wildman–Crippen MR) is 62.3 cm³/mol. The van der Waals surface area contributed by atoms with Crippen molar-refractivity contribution in [1.82, 2.24) is 14.8 Å². The van der Waals surface area contributed by atoms with Gasteiger partial charge in [0, 0.05) is 0 Å². The third-order valence-electron chi connectivity index (χ3n) is 2.32. The van der Waals surface area contributed by atoms with Crippen molar-refractivity contribution in [3.8, 4) is 0 Å². The van der Waals surface area contributed by atoms with Crippen LogP contribution < -0.4 is 5.73 Å². The summed E-state index contributed by atoms with van der Waals surface area (Å²) in [4.78, 5) is 4.99. The average molecular weight is 243 g/mol. The van der Waals surface area contributed by atoms with Gasteiger partial charge in [-0.25, -0.2) is 4.98 Å². The average Bonchev–Trinajstić information content (AvgIpc) is 2.69. The van der Waals surface area contributed by atoms with Crippen molar-refractivity contribution in [2.45, 2.75) is 20.4 Å². The van der Waals surface area contributed by atoms with Crippen LogP contribution >= 0.6 is 22.9 Å². The van der Waals surface area contributed by atoms with Crippen molar-refractivity contribution in [3.05, 3.63) is 26.9 Å². The lowest BCUT2D eigenvalue weighted by atomic mass is 10.3. The maximum absolute atomic E-state index is 5.92. The molecule has 0 saturated carbocycles. The highest BCUT2D eigenvalue weighted by molar-refractivity contribution is 7.10. The molecule has 0 aliphatic rings. The fourth-order valence-electron chi connectivity index (χ4n) is 1.36. The lowest BCUT2D eigenvalue weighted by molar-refractivity contribution is 0.665. The second-order valence-electron chi connectivity index (χ2n) is 3.31. The highest BCUT2D eigenvalue weighted by atomic mass is 35.5. The van der Waals surface area contributed by atoms with E-state index >= 15 is 0 Å². The molecule has 0 fully saturated rings. The number of nitrogens with two attached hydrogens (primary N) is 1. The quantitative estimate of drug-likeness (QED) is 0.879. The van der Waals surface area contributed by atoms with Crippen molar-refractivity contribution >= 4 is 28.6 Å². The van der Waals surface area contributed by atoms with Gasteiger partial charge in [0.25, 0.3) is 0 Å². The second-order valence-corrected chi connectivity index (χ2v) is 4.61. The highest BCUT2D eigenvalue weighted by Gasteiger charge is 2.11. The second kappa shape index (κ2) is 3.83. The molecule has 80 valence electrons. The van der Waals surface area contributed by atoms with E-state index in [1.54, 1.807) is 5.51 Å². The molecule has 2 aromatic rings. The molecule has 0 radical (unpaired) electrons. The first-order valence-corrected chi connectivity index (χ1v) is 5.72. The number of nitrogens with zero attached hydrogens (tertiary/aromatic N) is 3. The van der Waals surface area contributed by atoms with Gasteiger partial charge in [-0.1, -0.05) is 11.6 Å². The van der Waals surface area contributed by atoms with Crippen LogP contribution in [0.5, 0.6) is 0 Å². The molecule has 0 aliphatic heterocycles. The summed E-state index contributed by atoms with van der Waals surface area (Å²) < 4.78 is 1.85. The van der Waals surface area contributed by atoms with Crippen molar-refractivity contribution in [1.29, 1.82) is 0 Å². The van der Waals surface area contributed by atoms with Gasteiger partial charge in [-0.2, -0.15) is 5.10 Å². The molecule has 0 aliphatic carbocycles. The zero-order chi connectivity index (χ0) is 11.0. The number of aryl methyl sites for hydroxylation is 1. The predicted octanol–water partition coefficient (Wildman–Crippen LogP) is 2.24. The number of hydrogen-bond donors (Lipinski definition) is 1. The molecule has 0 unspecified atom stereocenters. The third-order valence-corrected chi connectivity index (χ3v) is 3.58. The van der Waals surface area contributed by atoms with E-state index in [0.29, 0.717) is 11.7 Å². The lowest BCUT2D eigenvalue weighted by Crippen LogP contribution is -2.03. The monoisotopic (exact) mass is 242 g/mol. The van der Waals surface area contributed by atoms with E-state index < -0.39 is 0 Å². The molecule has 2 N–H and O–H groups in total. The topological polar surface area (TPSA) is 56.7 Å². The zero-order valence-electron chi connectivity index (χ0n) is 8.49. The third kappa shape index (κ3) is 1.85. The first-order chi connectivity index (χ1) is 7.09. The van der Waals surface area contributed by atoms with Crippen LogP contribution in [-0.2, 0) is 6.54 Å². The van der Waals surface area contributed by atoms with Gasteiger partial charge in [-0.3, -0.25) is 4.68 Å². The van der Waals surface area contributed by atoms with E-state index in [1.165, 1.54) is 11.3 Å². The van der Waals surface area contributed by atoms with Crippen molar-refractivity contribution in [2.24, 2.45) is 0 Å². The fraction of sp³-hybridized carbons (Fsp3) is 0.333. The van der Waals surface area contributed by atoms with Crippen LogP contribution in [-0.4, -0.2) is 14.8 Å². The Labute approximate surface area is 96.7 Å². The number of thiazole rings is 1. The van der Waals surface area contributed by atoms with Crippen molar-refractivity contribution in [2.75, 3.05) is 5.73 Å². The number of halogens is 1.